The third-order valence-corrected chi connectivity index (χ3v) is 5.80. The summed E-state index contributed by atoms with van der Waals surface area (Å²) in [4.78, 5) is 26.1. The molecule has 1 aromatic heterocycles. The number of rotatable bonds is 2. The maximum absolute atomic E-state index is 14.2. The van der Waals surface area contributed by atoms with E-state index < -0.39 is 5.92 Å². The molecule has 2 heterocycles. The number of benzene rings is 1. The van der Waals surface area contributed by atoms with E-state index in [0.29, 0.717) is 29.7 Å². The maximum atomic E-state index is 14.2. The van der Waals surface area contributed by atoms with Crippen LogP contribution in [0.5, 0.6) is 0 Å². The largest absolute Gasteiger partial charge is 0.329 e. The number of allylic oxidation sites excluding steroid dienone is 2. The summed E-state index contributed by atoms with van der Waals surface area (Å²) in [6.07, 6.45) is 1.16. The van der Waals surface area contributed by atoms with Crippen molar-refractivity contribution < 1.29 is 14.0 Å². The van der Waals surface area contributed by atoms with Crippen molar-refractivity contribution in [2.45, 2.75) is 31.1 Å². The van der Waals surface area contributed by atoms with Crippen molar-refractivity contribution >= 4 is 23.0 Å². The van der Waals surface area contributed by atoms with Gasteiger partial charge >= 0.3 is 0 Å². The van der Waals surface area contributed by atoms with Crippen molar-refractivity contribution in [3.8, 4) is 0 Å². The van der Waals surface area contributed by atoms with Crippen molar-refractivity contribution in [2.75, 3.05) is 0 Å². The molecule has 2 aromatic rings. The van der Waals surface area contributed by atoms with Crippen molar-refractivity contribution in [1.82, 2.24) is 5.32 Å². The highest BCUT2D eigenvalue weighted by molar-refractivity contribution is 7.10. The van der Waals surface area contributed by atoms with Crippen LogP contribution in [-0.2, 0) is 9.59 Å². The summed E-state index contributed by atoms with van der Waals surface area (Å²) in [5.74, 6) is -0.885. The molecule has 122 valence electrons. The van der Waals surface area contributed by atoms with Gasteiger partial charge in [-0.25, -0.2) is 4.39 Å². The van der Waals surface area contributed by atoms with Gasteiger partial charge in [0.15, 0.2) is 5.78 Å². The van der Waals surface area contributed by atoms with Gasteiger partial charge in [-0.05, 0) is 29.5 Å². The van der Waals surface area contributed by atoms with Crippen LogP contribution in [0, 0.1) is 5.82 Å². The van der Waals surface area contributed by atoms with Crippen molar-refractivity contribution in [2.24, 2.45) is 0 Å². The minimum Gasteiger partial charge on any atom is -0.329 e. The number of hydrogen-bond acceptors (Lipinski definition) is 3. The predicted molar refractivity (Wildman–Crippen MR) is 90.2 cm³/mol. The first-order valence-electron chi connectivity index (χ1n) is 7.97. The van der Waals surface area contributed by atoms with E-state index in [9.17, 15) is 14.0 Å². The summed E-state index contributed by atoms with van der Waals surface area (Å²) in [5, 5.41) is 4.85. The Labute approximate surface area is 143 Å². The Balaban J connectivity index is 1.76. The highest BCUT2D eigenvalue weighted by Gasteiger charge is 2.39. The van der Waals surface area contributed by atoms with Crippen LogP contribution in [0.4, 0.5) is 4.39 Å². The van der Waals surface area contributed by atoms with Crippen LogP contribution in [0.1, 0.15) is 41.5 Å². The van der Waals surface area contributed by atoms with Gasteiger partial charge in [0.25, 0.3) is 0 Å². The Morgan fingerprint density at radius 3 is 2.62 bits per heavy atom. The lowest BCUT2D eigenvalue weighted by atomic mass is 9.74. The van der Waals surface area contributed by atoms with Crippen LogP contribution in [0.3, 0.4) is 0 Å². The van der Waals surface area contributed by atoms with Crippen LogP contribution >= 0.6 is 11.3 Å². The van der Waals surface area contributed by atoms with Gasteiger partial charge in [0.05, 0.1) is 0 Å². The van der Waals surface area contributed by atoms with Gasteiger partial charge in [-0.3, -0.25) is 9.59 Å². The number of Topliss-reactive ketones (excluding diaryl/α,β-unsaturated/α-hetero) is 1. The zero-order chi connectivity index (χ0) is 16.7. The molecule has 4 rings (SSSR count). The Kier molecular flexibility index (Phi) is 3.81. The lowest BCUT2D eigenvalue weighted by molar-refractivity contribution is -0.122. The van der Waals surface area contributed by atoms with Crippen LogP contribution in [0.15, 0.2) is 53.0 Å². The van der Waals surface area contributed by atoms with E-state index in [-0.39, 0.29) is 29.8 Å². The molecule has 2 aliphatic rings. The average molecular weight is 341 g/mol. The SMILES string of the molecule is O=C1C[C@@H](c2ccccc2F)C2=C(C[C@@H](c3cccs3)CC2=O)N1. The minimum absolute atomic E-state index is 0.0166. The Morgan fingerprint density at radius 2 is 1.88 bits per heavy atom. The topological polar surface area (TPSA) is 46.2 Å². The van der Waals surface area contributed by atoms with Gasteiger partial charge in [0, 0.05) is 40.8 Å². The first-order valence-corrected chi connectivity index (χ1v) is 8.85. The summed E-state index contributed by atoms with van der Waals surface area (Å²) in [6, 6.07) is 10.4. The first-order chi connectivity index (χ1) is 11.6. The smallest absolute Gasteiger partial charge is 0.225 e. The van der Waals surface area contributed by atoms with Gasteiger partial charge in [0.1, 0.15) is 5.82 Å². The normalized spacial score (nSPS) is 23.9. The molecule has 1 aromatic carbocycles. The number of carbonyl (C=O) groups is 2. The molecule has 1 aliphatic heterocycles. The number of ketones is 1. The Morgan fingerprint density at radius 1 is 1.04 bits per heavy atom. The summed E-state index contributed by atoms with van der Waals surface area (Å²) >= 11 is 1.62. The lowest BCUT2D eigenvalue weighted by Crippen LogP contribution is -2.38. The first kappa shape index (κ1) is 15.3. The lowest BCUT2D eigenvalue weighted by Gasteiger charge is -2.34. The molecule has 5 heteroatoms. The summed E-state index contributed by atoms with van der Waals surface area (Å²) in [5.41, 5.74) is 1.70. The molecule has 1 aliphatic carbocycles. The molecular formula is C19H16FNO2S. The molecule has 0 saturated carbocycles. The molecular weight excluding hydrogens is 325 g/mol. The van der Waals surface area contributed by atoms with Gasteiger partial charge in [-0.1, -0.05) is 24.3 Å². The van der Waals surface area contributed by atoms with E-state index >= 15 is 0 Å². The van der Waals surface area contributed by atoms with Crippen LogP contribution in [0.25, 0.3) is 0 Å². The van der Waals surface area contributed by atoms with Gasteiger partial charge in [-0.2, -0.15) is 0 Å². The average Bonchev–Trinajstić information content (AvgIpc) is 3.08. The third-order valence-electron chi connectivity index (χ3n) is 4.76. The minimum atomic E-state index is -0.480. The maximum Gasteiger partial charge on any atom is 0.225 e. The second-order valence-electron chi connectivity index (χ2n) is 6.26. The predicted octanol–water partition coefficient (Wildman–Crippen LogP) is 3.89. The number of nitrogens with one attached hydrogen (secondary N) is 1. The fourth-order valence-corrected chi connectivity index (χ4v) is 4.54. The summed E-state index contributed by atoms with van der Waals surface area (Å²) in [7, 11) is 0. The number of hydrogen-bond donors (Lipinski definition) is 1. The number of carbonyl (C=O) groups excluding carboxylic acids is 2. The Bertz CT molecular complexity index is 841. The molecule has 0 spiro atoms. The van der Waals surface area contributed by atoms with E-state index in [1.807, 2.05) is 17.5 Å². The van der Waals surface area contributed by atoms with Crippen molar-refractivity contribution in [1.29, 1.82) is 0 Å². The molecule has 0 unspecified atom stereocenters. The molecule has 24 heavy (non-hydrogen) atoms. The zero-order valence-electron chi connectivity index (χ0n) is 12.9. The highest BCUT2D eigenvalue weighted by atomic mass is 32.1. The number of amides is 1. The third kappa shape index (κ3) is 2.59. The van der Waals surface area contributed by atoms with Crippen LogP contribution in [-0.4, -0.2) is 11.7 Å². The van der Waals surface area contributed by atoms with E-state index in [0.717, 1.165) is 4.88 Å². The van der Waals surface area contributed by atoms with Crippen LogP contribution in [0.2, 0.25) is 0 Å². The van der Waals surface area contributed by atoms with E-state index in [4.69, 9.17) is 0 Å². The van der Waals surface area contributed by atoms with Gasteiger partial charge in [-0.15, -0.1) is 11.3 Å². The fourth-order valence-electron chi connectivity index (χ4n) is 3.71. The second-order valence-corrected chi connectivity index (χ2v) is 7.24. The zero-order valence-corrected chi connectivity index (χ0v) is 13.7. The molecule has 1 amide bonds. The molecule has 0 saturated heterocycles. The molecule has 0 bridgehead atoms. The van der Waals surface area contributed by atoms with Gasteiger partial charge in [0.2, 0.25) is 5.91 Å². The monoisotopic (exact) mass is 341 g/mol. The molecule has 3 nitrogen and oxygen atoms in total. The molecule has 0 fully saturated rings. The van der Waals surface area contributed by atoms with Crippen molar-refractivity contribution in [3.05, 3.63) is 69.3 Å². The van der Waals surface area contributed by atoms with Gasteiger partial charge < -0.3 is 5.32 Å². The number of thiophene rings is 1. The van der Waals surface area contributed by atoms with E-state index in [1.54, 1.807) is 29.5 Å². The molecule has 1 N–H and O–H groups in total. The highest BCUT2D eigenvalue weighted by Crippen LogP contribution is 2.43. The fraction of sp³-hybridized carbons (Fsp3) is 0.263. The second kappa shape index (κ2) is 5.98. The summed E-state index contributed by atoms with van der Waals surface area (Å²) in [6.45, 7) is 0. The van der Waals surface area contributed by atoms with Crippen molar-refractivity contribution in [3.63, 3.8) is 0 Å². The summed E-state index contributed by atoms with van der Waals surface area (Å²) < 4.78 is 14.2. The van der Waals surface area contributed by atoms with E-state index in [1.165, 1.54) is 6.07 Å². The number of halogens is 1. The Hall–Kier alpha value is -2.27. The van der Waals surface area contributed by atoms with E-state index in [2.05, 4.69) is 5.32 Å². The quantitative estimate of drug-likeness (QED) is 0.901. The molecule has 2 atom stereocenters. The molecule has 0 radical (unpaired) electrons. The standard InChI is InChI=1S/C19H16FNO2S/c20-14-5-2-1-4-12(14)13-10-18(23)21-15-8-11(9-16(22)19(13)15)17-6-3-7-24-17/h1-7,11,13H,8-10H2,(H,21,23)/t11-,13+/m1/s1. The van der Waals surface area contributed by atoms with Crippen LogP contribution < -0.4 is 5.32 Å².